The third kappa shape index (κ3) is 2.58. The molecule has 4 heteroatoms. The number of anilines is 1. The summed E-state index contributed by atoms with van der Waals surface area (Å²) in [6.07, 6.45) is 0.139. The number of morpholine rings is 1. The lowest BCUT2D eigenvalue weighted by Crippen LogP contribution is -2.47. The van der Waals surface area contributed by atoms with Crippen LogP contribution in [0.25, 0.3) is 0 Å². The molecule has 2 rings (SSSR count). The lowest BCUT2D eigenvalue weighted by molar-refractivity contribution is 0.0341. The van der Waals surface area contributed by atoms with E-state index in [4.69, 9.17) is 10.5 Å². The van der Waals surface area contributed by atoms with E-state index in [9.17, 15) is 4.39 Å². The van der Waals surface area contributed by atoms with Crippen LogP contribution in [0.2, 0.25) is 0 Å². The summed E-state index contributed by atoms with van der Waals surface area (Å²) in [6, 6.07) is 5.41. The van der Waals surface area contributed by atoms with Crippen LogP contribution in [0.1, 0.15) is 19.4 Å². The molecular weight excluding hydrogens is 219 g/mol. The molecule has 0 radical (unpaired) electrons. The Hall–Kier alpha value is -1.13. The highest BCUT2D eigenvalue weighted by atomic mass is 19.1. The molecule has 94 valence electrons. The molecule has 1 aliphatic heterocycles. The molecule has 0 amide bonds. The van der Waals surface area contributed by atoms with Crippen LogP contribution in [0.4, 0.5) is 10.1 Å². The van der Waals surface area contributed by atoms with Gasteiger partial charge in [-0.15, -0.1) is 0 Å². The Morgan fingerprint density at radius 1 is 1.47 bits per heavy atom. The van der Waals surface area contributed by atoms with E-state index in [-0.39, 0.29) is 18.0 Å². The topological polar surface area (TPSA) is 38.5 Å². The minimum Gasteiger partial charge on any atom is -0.375 e. The van der Waals surface area contributed by atoms with Crippen molar-refractivity contribution in [1.82, 2.24) is 0 Å². The Labute approximate surface area is 101 Å². The van der Waals surface area contributed by atoms with Gasteiger partial charge in [0.05, 0.1) is 18.4 Å². The van der Waals surface area contributed by atoms with Crippen LogP contribution in [0.3, 0.4) is 0 Å². The Bertz CT molecular complexity index is 397. The van der Waals surface area contributed by atoms with Crippen molar-refractivity contribution in [1.29, 1.82) is 0 Å². The Kier molecular flexibility index (Phi) is 3.64. The molecule has 2 unspecified atom stereocenters. The third-order valence-corrected chi connectivity index (χ3v) is 3.17. The normalized spacial score (nSPS) is 25.1. The first-order valence-electron chi connectivity index (χ1n) is 5.98. The van der Waals surface area contributed by atoms with Crippen molar-refractivity contribution in [3.05, 3.63) is 29.6 Å². The van der Waals surface area contributed by atoms with Crippen LogP contribution < -0.4 is 10.6 Å². The molecule has 17 heavy (non-hydrogen) atoms. The Morgan fingerprint density at radius 3 is 2.88 bits per heavy atom. The van der Waals surface area contributed by atoms with E-state index in [1.807, 2.05) is 26.0 Å². The monoisotopic (exact) mass is 238 g/mol. The van der Waals surface area contributed by atoms with Gasteiger partial charge in [0, 0.05) is 19.1 Å². The maximum absolute atomic E-state index is 14.0. The maximum atomic E-state index is 14.0. The summed E-state index contributed by atoms with van der Waals surface area (Å²) in [5.41, 5.74) is 6.96. The highest BCUT2D eigenvalue weighted by Gasteiger charge is 2.25. The zero-order valence-electron chi connectivity index (χ0n) is 10.3. The van der Waals surface area contributed by atoms with Crippen molar-refractivity contribution >= 4 is 5.69 Å². The van der Waals surface area contributed by atoms with Crippen molar-refractivity contribution in [3.8, 4) is 0 Å². The minimum atomic E-state index is -0.200. The molecule has 2 atom stereocenters. The van der Waals surface area contributed by atoms with Gasteiger partial charge in [-0.05, 0) is 31.5 Å². The molecule has 0 aromatic heterocycles. The number of halogens is 1. The van der Waals surface area contributed by atoms with E-state index in [1.165, 1.54) is 6.07 Å². The lowest BCUT2D eigenvalue weighted by atomic mass is 10.1. The molecule has 1 fully saturated rings. The number of rotatable bonds is 2. The van der Waals surface area contributed by atoms with E-state index in [2.05, 4.69) is 4.90 Å². The maximum Gasteiger partial charge on any atom is 0.146 e. The summed E-state index contributed by atoms with van der Waals surface area (Å²) < 4.78 is 19.5. The van der Waals surface area contributed by atoms with Crippen molar-refractivity contribution in [2.45, 2.75) is 32.5 Å². The number of benzene rings is 1. The van der Waals surface area contributed by atoms with E-state index in [0.717, 1.165) is 12.1 Å². The highest BCUT2D eigenvalue weighted by Crippen LogP contribution is 2.25. The average Bonchev–Trinajstić information content (AvgIpc) is 2.32. The summed E-state index contributed by atoms with van der Waals surface area (Å²) in [5, 5.41) is 0. The van der Waals surface area contributed by atoms with Gasteiger partial charge in [0.1, 0.15) is 5.82 Å². The van der Waals surface area contributed by atoms with Gasteiger partial charge in [0.2, 0.25) is 0 Å². The van der Waals surface area contributed by atoms with Crippen molar-refractivity contribution < 1.29 is 9.13 Å². The number of ether oxygens (including phenoxy) is 1. The molecule has 1 heterocycles. The smallest absolute Gasteiger partial charge is 0.146 e. The Morgan fingerprint density at radius 2 is 2.24 bits per heavy atom. The second kappa shape index (κ2) is 5.02. The van der Waals surface area contributed by atoms with Crippen LogP contribution >= 0.6 is 0 Å². The molecule has 1 aromatic rings. The fourth-order valence-corrected chi connectivity index (χ4v) is 2.15. The quantitative estimate of drug-likeness (QED) is 0.855. The van der Waals surface area contributed by atoms with Crippen molar-refractivity contribution in [2.24, 2.45) is 5.73 Å². The largest absolute Gasteiger partial charge is 0.375 e. The molecule has 1 aromatic carbocycles. The predicted molar refractivity (Wildman–Crippen MR) is 66.5 cm³/mol. The molecule has 0 saturated carbocycles. The fraction of sp³-hybridized carbons (Fsp3) is 0.538. The summed E-state index contributed by atoms with van der Waals surface area (Å²) in [4.78, 5) is 2.06. The van der Waals surface area contributed by atoms with E-state index in [1.54, 1.807) is 0 Å². The molecule has 0 aliphatic carbocycles. The van der Waals surface area contributed by atoms with Gasteiger partial charge in [-0.2, -0.15) is 0 Å². The number of hydrogen-bond acceptors (Lipinski definition) is 3. The molecular formula is C13H19FN2O. The Balaban J connectivity index is 2.26. The van der Waals surface area contributed by atoms with Gasteiger partial charge in [0.15, 0.2) is 0 Å². The molecule has 2 N–H and O–H groups in total. The highest BCUT2D eigenvalue weighted by molar-refractivity contribution is 5.50. The molecule has 3 nitrogen and oxygen atoms in total. The number of hydrogen-bond donors (Lipinski definition) is 1. The molecule has 1 aliphatic rings. The minimum absolute atomic E-state index is 0.139. The van der Waals surface area contributed by atoms with Gasteiger partial charge in [-0.1, -0.05) is 6.07 Å². The van der Waals surface area contributed by atoms with Gasteiger partial charge in [-0.25, -0.2) is 4.39 Å². The zero-order valence-corrected chi connectivity index (χ0v) is 10.3. The third-order valence-electron chi connectivity index (χ3n) is 3.17. The molecule has 0 spiro atoms. The molecule has 1 saturated heterocycles. The van der Waals surface area contributed by atoms with Gasteiger partial charge >= 0.3 is 0 Å². The fourth-order valence-electron chi connectivity index (χ4n) is 2.15. The van der Waals surface area contributed by atoms with Crippen LogP contribution in [0.5, 0.6) is 0 Å². The predicted octanol–water partition coefficient (Wildman–Crippen LogP) is 1.90. The summed E-state index contributed by atoms with van der Waals surface area (Å²) in [5.74, 6) is -0.200. The molecule has 0 bridgehead atoms. The van der Waals surface area contributed by atoms with E-state index < -0.39 is 0 Å². The number of nitrogens with zero attached hydrogens (tertiary/aromatic N) is 1. The van der Waals surface area contributed by atoms with Gasteiger partial charge < -0.3 is 15.4 Å². The first-order valence-corrected chi connectivity index (χ1v) is 5.98. The second-order valence-electron chi connectivity index (χ2n) is 4.64. The summed E-state index contributed by atoms with van der Waals surface area (Å²) in [6.45, 7) is 5.78. The van der Waals surface area contributed by atoms with Crippen molar-refractivity contribution in [3.63, 3.8) is 0 Å². The van der Waals surface area contributed by atoms with Crippen LogP contribution in [0, 0.1) is 5.82 Å². The standard InChI is InChI=1S/C13H19FN2O/c1-9-8-17-10(2)7-16(9)13-4-3-11(6-15)5-12(13)14/h3-5,9-10H,6-8,15H2,1-2H3. The van der Waals surface area contributed by atoms with E-state index >= 15 is 0 Å². The van der Waals surface area contributed by atoms with Gasteiger partial charge in [-0.3, -0.25) is 0 Å². The average molecular weight is 238 g/mol. The van der Waals surface area contributed by atoms with Crippen LogP contribution in [0.15, 0.2) is 18.2 Å². The van der Waals surface area contributed by atoms with E-state index in [0.29, 0.717) is 18.8 Å². The summed E-state index contributed by atoms with van der Waals surface area (Å²) >= 11 is 0. The van der Waals surface area contributed by atoms with Gasteiger partial charge in [0.25, 0.3) is 0 Å². The number of nitrogens with two attached hydrogens (primary N) is 1. The summed E-state index contributed by atoms with van der Waals surface area (Å²) in [7, 11) is 0. The lowest BCUT2D eigenvalue weighted by Gasteiger charge is -2.38. The SMILES string of the molecule is CC1CN(c2ccc(CN)cc2F)C(C)CO1. The zero-order chi connectivity index (χ0) is 12.4. The van der Waals surface area contributed by atoms with Crippen LogP contribution in [-0.2, 0) is 11.3 Å². The second-order valence-corrected chi connectivity index (χ2v) is 4.64. The first kappa shape index (κ1) is 12.3. The van der Waals surface area contributed by atoms with Crippen molar-refractivity contribution in [2.75, 3.05) is 18.1 Å². The van der Waals surface area contributed by atoms with Crippen LogP contribution in [-0.4, -0.2) is 25.3 Å². The first-order chi connectivity index (χ1) is 8.11.